The smallest absolute Gasteiger partial charge is 0.0460 e. The summed E-state index contributed by atoms with van der Waals surface area (Å²) in [5.74, 6) is 5.69. The van der Waals surface area contributed by atoms with Crippen molar-refractivity contribution in [2.75, 3.05) is 0 Å². The second-order valence-corrected chi connectivity index (χ2v) is 5.82. The molecule has 0 fully saturated rings. The largest absolute Gasteiger partial charge is 0.271 e. The lowest BCUT2D eigenvalue weighted by Crippen LogP contribution is -2.28. The molecule has 0 saturated heterocycles. The topological polar surface area (TPSA) is 38.0 Å². The van der Waals surface area contributed by atoms with Crippen molar-refractivity contribution in [1.29, 1.82) is 0 Å². The van der Waals surface area contributed by atoms with Crippen LogP contribution in [0.15, 0.2) is 41.8 Å². The second kappa shape index (κ2) is 7.43. The van der Waals surface area contributed by atoms with Crippen molar-refractivity contribution >= 4 is 11.3 Å². The number of hydrogen-bond donors (Lipinski definition) is 2. The first-order valence-corrected chi connectivity index (χ1v) is 7.78. The Labute approximate surface area is 119 Å². The highest BCUT2D eigenvalue weighted by atomic mass is 32.1. The average molecular weight is 274 g/mol. The van der Waals surface area contributed by atoms with Crippen LogP contribution < -0.4 is 11.3 Å². The van der Waals surface area contributed by atoms with Crippen molar-refractivity contribution in [3.8, 4) is 0 Å². The van der Waals surface area contributed by atoms with E-state index in [2.05, 4.69) is 54.1 Å². The van der Waals surface area contributed by atoms with E-state index in [4.69, 9.17) is 5.84 Å². The Morgan fingerprint density at radius 3 is 2.58 bits per heavy atom. The summed E-state index contributed by atoms with van der Waals surface area (Å²) >= 11 is 1.83. The zero-order valence-corrected chi connectivity index (χ0v) is 12.2. The summed E-state index contributed by atoms with van der Waals surface area (Å²) in [7, 11) is 0. The van der Waals surface area contributed by atoms with Crippen LogP contribution in [0.4, 0.5) is 0 Å². The van der Waals surface area contributed by atoms with Gasteiger partial charge in [0.2, 0.25) is 0 Å². The van der Waals surface area contributed by atoms with Gasteiger partial charge in [0.05, 0.1) is 0 Å². The molecule has 0 spiro atoms. The third kappa shape index (κ3) is 4.16. The minimum atomic E-state index is 0.255. The Hall–Kier alpha value is -1.16. The van der Waals surface area contributed by atoms with E-state index in [1.165, 1.54) is 16.0 Å². The lowest BCUT2D eigenvalue weighted by molar-refractivity contribution is 0.499. The zero-order valence-electron chi connectivity index (χ0n) is 11.4. The molecule has 2 aromatic rings. The van der Waals surface area contributed by atoms with E-state index >= 15 is 0 Å². The van der Waals surface area contributed by atoms with Gasteiger partial charge < -0.3 is 0 Å². The number of aryl methyl sites for hydroxylation is 2. The van der Waals surface area contributed by atoms with Crippen LogP contribution in [0, 0.1) is 0 Å². The highest BCUT2D eigenvalue weighted by Gasteiger charge is 2.09. The minimum Gasteiger partial charge on any atom is -0.271 e. The molecule has 19 heavy (non-hydrogen) atoms. The van der Waals surface area contributed by atoms with Gasteiger partial charge in [-0.25, -0.2) is 0 Å². The monoisotopic (exact) mass is 274 g/mol. The number of rotatable bonds is 7. The van der Waals surface area contributed by atoms with E-state index in [-0.39, 0.29) is 6.04 Å². The molecule has 0 aliphatic rings. The molecule has 1 atom stereocenters. The average Bonchev–Trinajstić information content (AvgIpc) is 2.97. The summed E-state index contributed by atoms with van der Waals surface area (Å²) in [4.78, 5) is 1.46. The molecule has 1 aromatic heterocycles. The molecule has 0 bridgehead atoms. The summed E-state index contributed by atoms with van der Waals surface area (Å²) in [6, 6.07) is 13.3. The Morgan fingerprint density at radius 1 is 1.21 bits per heavy atom. The van der Waals surface area contributed by atoms with E-state index in [0.29, 0.717) is 0 Å². The third-order valence-electron chi connectivity index (χ3n) is 3.49. The van der Waals surface area contributed by atoms with Gasteiger partial charge in [0.15, 0.2) is 0 Å². The van der Waals surface area contributed by atoms with E-state index < -0.39 is 0 Å². The molecule has 0 radical (unpaired) electrons. The van der Waals surface area contributed by atoms with E-state index in [1.807, 2.05) is 11.3 Å². The highest BCUT2D eigenvalue weighted by molar-refractivity contribution is 7.09. The summed E-state index contributed by atoms with van der Waals surface area (Å²) in [5, 5.41) is 2.14. The Balaban J connectivity index is 1.88. The number of hydrogen-bond acceptors (Lipinski definition) is 3. The van der Waals surface area contributed by atoms with Gasteiger partial charge in [-0.3, -0.25) is 11.3 Å². The molecular weight excluding hydrogens is 252 g/mol. The SMILES string of the molecule is CCc1ccc(C(CCCc2cccs2)NN)cc1. The first kappa shape index (κ1) is 14.3. The van der Waals surface area contributed by atoms with E-state index in [0.717, 1.165) is 25.7 Å². The maximum Gasteiger partial charge on any atom is 0.0460 e. The fourth-order valence-corrected chi connectivity index (χ4v) is 3.02. The molecule has 3 N–H and O–H groups in total. The normalized spacial score (nSPS) is 12.5. The quantitative estimate of drug-likeness (QED) is 0.594. The van der Waals surface area contributed by atoms with Crippen molar-refractivity contribution in [3.63, 3.8) is 0 Å². The third-order valence-corrected chi connectivity index (χ3v) is 4.42. The molecule has 0 aliphatic heterocycles. The molecule has 2 rings (SSSR count). The van der Waals surface area contributed by atoms with Gasteiger partial charge >= 0.3 is 0 Å². The van der Waals surface area contributed by atoms with Crippen LogP contribution in [0.5, 0.6) is 0 Å². The number of hydrazine groups is 1. The van der Waals surface area contributed by atoms with Crippen LogP contribution in [-0.4, -0.2) is 0 Å². The molecule has 1 unspecified atom stereocenters. The molecule has 3 heteroatoms. The summed E-state index contributed by atoms with van der Waals surface area (Å²) < 4.78 is 0. The van der Waals surface area contributed by atoms with Gasteiger partial charge in [0.1, 0.15) is 0 Å². The molecule has 1 aromatic carbocycles. The molecule has 0 aliphatic carbocycles. The number of nitrogens with one attached hydrogen (secondary N) is 1. The Kier molecular flexibility index (Phi) is 5.58. The minimum absolute atomic E-state index is 0.255. The fourth-order valence-electron chi connectivity index (χ4n) is 2.27. The van der Waals surface area contributed by atoms with Gasteiger partial charge in [0.25, 0.3) is 0 Å². The van der Waals surface area contributed by atoms with Crippen molar-refractivity contribution in [3.05, 3.63) is 57.8 Å². The van der Waals surface area contributed by atoms with Crippen LogP contribution in [0.2, 0.25) is 0 Å². The van der Waals surface area contributed by atoms with Crippen LogP contribution >= 0.6 is 11.3 Å². The van der Waals surface area contributed by atoms with Crippen molar-refractivity contribution in [2.45, 2.75) is 38.6 Å². The van der Waals surface area contributed by atoms with Gasteiger partial charge in [-0.2, -0.15) is 0 Å². The maximum absolute atomic E-state index is 5.69. The van der Waals surface area contributed by atoms with Gasteiger partial charge in [0, 0.05) is 10.9 Å². The molecule has 0 amide bonds. The van der Waals surface area contributed by atoms with E-state index in [9.17, 15) is 0 Å². The zero-order chi connectivity index (χ0) is 13.5. The number of benzene rings is 1. The van der Waals surface area contributed by atoms with E-state index in [1.54, 1.807) is 0 Å². The van der Waals surface area contributed by atoms with Gasteiger partial charge in [-0.15, -0.1) is 11.3 Å². The van der Waals surface area contributed by atoms with Crippen molar-refractivity contribution in [2.24, 2.45) is 5.84 Å². The van der Waals surface area contributed by atoms with Crippen molar-refractivity contribution < 1.29 is 0 Å². The number of nitrogens with two attached hydrogens (primary N) is 1. The van der Waals surface area contributed by atoms with Crippen LogP contribution in [0.25, 0.3) is 0 Å². The second-order valence-electron chi connectivity index (χ2n) is 4.79. The predicted molar refractivity (Wildman–Crippen MR) is 83.1 cm³/mol. The van der Waals surface area contributed by atoms with Crippen LogP contribution in [-0.2, 0) is 12.8 Å². The maximum atomic E-state index is 5.69. The van der Waals surface area contributed by atoms with Crippen LogP contribution in [0.3, 0.4) is 0 Å². The Bertz CT molecular complexity index is 462. The fraction of sp³-hybridized carbons (Fsp3) is 0.375. The number of thiophene rings is 1. The standard InChI is InChI=1S/C16H22N2S/c1-2-13-8-10-14(11-9-13)16(18-17)7-3-5-15-6-4-12-19-15/h4,6,8-12,16,18H,2-3,5,7,17H2,1H3. The Morgan fingerprint density at radius 2 is 2.00 bits per heavy atom. The highest BCUT2D eigenvalue weighted by Crippen LogP contribution is 2.21. The first-order chi connectivity index (χ1) is 9.33. The van der Waals surface area contributed by atoms with Gasteiger partial charge in [-0.05, 0) is 48.3 Å². The molecular formula is C16H22N2S. The predicted octanol–water partition coefficient (Wildman–Crippen LogP) is 3.84. The lowest BCUT2D eigenvalue weighted by atomic mass is 9.99. The summed E-state index contributed by atoms with van der Waals surface area (Å²) in [5.41, 5.74) is 5.60. The summed E-state index contributed by atoms with van der Waals surface area (Å²) in [6.45, 7) is 2.18. The van der Waals surface area contributed by atoms with Crippen LogP contribution in [0.1, 0.15) is 41.8 Å². The molecule has 0 saturated carbocycles. The lowest BCUT2D eigenvalue weighted by Gasteiger charge is -2.16. The molecule has 1 heterocycles. The van der Waals surface area contributed by atoms with Crippen molar-refractivity contribution in [1.82, 2.24) is 5.43 Å². The first-order valence-electron chi connectivity index (χ1n) is 6.91. The molecule has 2 nitrogen and oxygen atoms in total. The molecule has 102 valence electrons. The summed E-state index contributed by atoms with van der Waals surface area (Å²) in [6.07, 6.45) is 4.45. The van der Waals surface area contributed by atoms with Gasteiger partial charge in [-0.1, -0.05) is 37.3 Å².